The fourth-order valence-corrected chi connectivity index (χ4v) is 1.42. The number of thiol groups is 2. The maximum absolute atomic E-state index is 10.8. The van der Waals surface area contributed by atoms with E-state index in [4.69, 9.17) is 4.74 Å². The lowest BCUT2D eigenvalue weighted by Crippen LogP contribution is -2.20. The highest BCUT2D eigenvalue weighted by atomic mass is 32.1. The van der Waals surface area contributed by atoms with Crippen LogP contribution < -0.4 is 0 Å². The van der Waals surface area contributed by atoms with Crippen LogP contribution in [0.1, 0.15) is 12.8 Å². The standard InChI is InChI=1S/C8H14O5S2/c1-11-5(9)3-7(14)13-8(15)4-6(10)12-2/h7-8,14-15H,3-4H2,1-2H3. The molecule has 0 aromatic carbocycles. The number of esters is 2. The van der Waals surface area contributed by atoms with E-state index in [2.05, 4.69) is 34.7 Å². The van der Waals surface area contributed by atoms with Gasteiger partial charge in [0.25, 0.3) is 0 Å². The molecule has 0 saturated carbocycles. The molecule has 0 aliphatic heterocycles. The van der Waals surface area contributed by atoms with Crippen molar-refractivity contribution in [3.05, 3.63) is 0 Å². The summed E-state index contributed by atoms with van der Waals surface area (Å²) >= 11 is 7.98. The number of carbonyl (C=O) groups is 2. The fourth-order valence-electron chi connectivity index (χ4n) is 0.729. The van der Waals surface area contributed by atoms with Gasteiger partial charge in [-0.05, 0) is 0 Å². The van der Waals surface area contributed by atoms with E-state index in [0.29, 0.717) is 0 Å². The third-order valence-electron chi connectivity index (χ3n) is 1.45. The number of carbonyl (C=O) groups excluding carboxylic acids is 2. The lowest BCUT2D eigenvalue weighted by molar-refractivity contribution is -0.143. The van der Waals surface area contributed by atoms with Crippen LogP contribution in [-0.2, 0) is 23.8 Å². The summed E-state index contributed by atoms with van der Waals surface area (Å²) < 4.78 is 14.0. The summed E-state index contributed by atoms with van der Waals surface area (Å²) in [5.74, 6) is -0.873. The summed E-state index contributed by atoms with van der Waals surface area (Å²) in [5, 5.41) is 0. The molecular formula is C8H14O5S2. The molecule has 2 unspecified atom stereocenters. The predicted octanol–water partition coefficient (Wildman–Crippen LogP) is 0.641. The molecule has 0 N–H and O–H groups in total. The molecule has 0 aromatic heterocycles. The molecule has 0 spiro atoms. The van der Waals surface area contributed by atoms with Crippen LogP contribution in [0.4, 0.5) is 0 Å². The number of methoxy groups -OCH3 is 2. The van der Waals surface area contributed by atoms with E-state index in [1.807, 2.05) is 0 Å². The van der Waals surface area contributed by atoms with Crippen LogP contribution in [0.25, 0.3) is 0 Å². The van der Waals surface area contributed by atoms with E-state index in [1.165, 1.54) is 14.2 Å². The minimum atomic E-state index is -0.649. The molecule has 0 saturated heterocycles. The number of hydrogen-bond donors (Lipinski definition) is 2. The maximum atomic E-state index is 10.8. The van der Waals surface area contributed by atoms with Crippen LogP contribution >= 0.6 is 25.3 Å². The average Bonchev–Trinajstić information content (AvgIpc) is 2.16. The highest BCUT2D eigenvalue weighted by Gasteiger charge is 2.17. The van der Waals surface area contributed by atoms with E-state index in [-0.39, 0.29) is 12.8 Å². The van der Waals surface area contributed by atoms with Gasteiger partial charge in [0.15, 0.2) is 0 Å². The first kappa shape index (κ1) is 14.6. The second kappa shape index (κ2) is 7.84. The van der Waals surface area contributed by atoms with Gasteiger partial charge in [-0.25, -0.2) is 0 Å². The zero-order chi connectivity index (χ0) is 11.8. The summed E-state index contributed by atoms with van der Waals surface area (Å²) in [5.41, 5.74) is -1.30. The molecule has 88 valence electrons. The third kappa shape index (κ3) is 7.52. The minimum absolute atomic E-state index is 0.00214. The van der Waals surface area contributed by atoms with Crippen molar-refractivity contribution in [1.82, 2.24) is 0 Å². The molecule has 15 heavy (non-hydrogen) atoms. The Bertz CT molecular complexity index is 199. The van der Waals surface area contributed by atoms with Crippen LogP contribution in [0.3, 0.4) is 0 Å². The summed E-state index contributed by atoms with van der Waals surface area (Å²) in [6.45, 7) is 0. The van der Waals surface area contributed by atoms with Crippen LogP contribution in [0.15, 0.2) is 0 Å². The van der Waals surface area contributed by atoms with Crippen molar-refractivity contribution in [3.63, 3.8) is 0 Å². The van der Waals surface area contributed by atoms with Gasteiger partial charge in [-0.15, -0.1) is 25.3 Å². The third-order valence-corrected chi connectivity index (χ3v) is 2.06. The van der Waals surface area contributed by atoms with Gasteiger partial charge >= 0.3 is 11.9 Å². The molecule has 0 amide bonds. The highest BCUT2D eigenvalue weighted by molar-refractivity contribution is 7.81. The van der Waals surface area contributed by atoms with Crippen molar-refractivity contribution in [2.45, 2.75) is 23.7 Å². The SMILES string of the molecule is COC(=O)CC(S)OC(S)CC(=O)OC. The lowest BCUT2D eigenvalue weighted by atomic mass is 10.4. The molecule has 0 rings (SSSR count). The topological polar surface area (TPSA) is 61.8 Å². The van der Waals surface area contributed by atoms with Crippen LogP contribution in [-0.4, -0.2) is 37.0 Å². The van der Waals surface area contributed by atoms with Crippen molar-refractivity contribution in [3.8, 4) is 0 Å². The summed E-state index contributed by atoms with van der Waals surface area (Å²) in [7, 11) is 2.55. The first-order valence-electron chi connectivity index (χ1n) is 4.14. The van der Waals surface area contributed by atoms with E-state index in [1.54, 1.807) is 0 Å². The van der Waals surface area contributed by atoms with E-state index in [0.717, 1.165) is 0 Å². The molecule has 7 heteroatoms. The maximum Gasteiger partial charge on any atom is 0.309 e. The molecule has 2 atom stereocenters. The molecule has 0 radical (unpaired) electrons. The Morgan fingerprint density at radius 2 is 1.33 bits per heavy atom. The zero-order valence-corrected chi connectivity index (χ0v) is 10.3. The minimum Gasteiger partial charge on any atom is -0.469 e. The summed E-state index contributed by atoms with van der Waals surface area (Å²) in [6.07, 6.45) is -0.00428. The molecule has 0 bridgehead atoms. The van der Waals surface area contributed by atoms with E-state index >= 15 is 0 Å². The van der Waals surface area contributed by atoms with Gasteiger partial charge in [0.05, 0.1) is 27.1 Å². The first-order valence-corrected chi connectivity index (χ1v) is 5.18. The van der Waals surface area contributed by atoms with Gasteiger partial charge in [-0.3, -0.25) is 9.59 Å². The predicted molar refractivity (Wildman–Crippen MR) is 59.9 cm³/mol. The van der Waals surface area contributed by atoms with Crippen LogP contribution in [0.2, 0.25) is 0 Å². The van der Waals surface area contributed by atoms with E-state index in [9.17, 15) is 9.59 Å². The summed E-state index contributed by atoms with van der Waals surface area (Å²) in [4.78, 5) is 21.6. The van der Waals surface area contributed by atoms with Crippen molar-refractivity contribution < 1.29 is 23.8 Å². The fraction of sp³-hybridized carbons (Fsp3) is 0.750. The largest absolute Gasteiger partial charge is 0.469 e. The quantitative estimate of drug-likeness (QED) is 0.414. The summed E-state index contributed by atoms with van der Waals surface area (Å²) in [6, 6.07) is 0. The zero-order valence-electron chi connectivity index (χ0n) is 8.50. The Kier molecular flexibility index (Phi) is 7.63. The van der Waals surface area contributed by atoms with Crippen molar-refractivity contribution in [1.29, 1.82) is 0 Å². The number of hydrogen-bond acceptors (Lipinski definition) is 7. The molecule has 5 nitrogen and oxygen atoms in total. The van der Waals surface area contributed by atoms with Gasteiger partial charge < -0.3 is 14.2 Å². The molecule has 0 aliphatic carbocycles. The van der Waals surface area contributed by atoms with Crippen molar-refractivity contribution >= 4 is 37.2 Å². The second-order valence-corrected chi connectivity index (χ2v) is 3.76. The normalized spacial score (nSPS) is 14.1. The Hall–Kier alpha value is -0.400. The highest BCUT2D eigenvalue weighted by Crippen LogP contribution is 2.13. The molecule has 0 aliphatic rings. The second-order valence-electron chi connectivity index (χ2n) is 2.61. The van der Waals surface area contributed by atoms with Crippen molar-refractivity contribution in [2.75, 3.05) is 14.2 Å². The lowest BCUT2D eigenvalue weighted by Gasteiger charge is -2.15. The van der Waals surface area contributed by atoms with Gasteiger partial charge in [0.2, 0.25) is 0 Å². The molecule has 0 heterocycles. The first-order chi connectivity index (χ1) is 6.99. The number of rotatable bonds is 6. The Labute approximate surface area is 99.3 Å². The average molecular weight is 254 g/mol. The molecule has 0 aromatic rings. The van der Waals surface area contributed by atoms with Crippen molar-refractivity contribution in [2.24, 2.45) is 0 Å². The molecular weight excluding hydrogens is 240 g/mol. The van der Waals surface area contributed by atoms with Crippen LogP contribution in [0, 0.1) is 0 Å². The van der Waals surface area contributed by atoms with Gasteiger partial charge in [-0.2, -0.15) is 0 Å². The number of ether oxygens (including phenoxy) is 3. The van der Waals surface area contributed by atoms with Gasteiger partial charge in [0, 0.05) is 0 Å². The Morgan fingerprint density at radius 3 is 1.60 bits per heavy atom. The van der Waals surface area contributed by atoms with Crippen LogP contribution in [0.5, 0.6) is 0 Å². The van der Waals surface area contributed by atoms with Gasteiger partial charge in [0.1, 0.15) is 10.9 Å². The smallest absolute Gasteiger partial charge is 0.309 e. The monoisotopic (exact) mass is 254 g/mol. The van der Waals surface area contributed by atoms with Gasteiger partial charge in [-0.1, -0.05) is 0 Å². The Balaban J connectivity index is 3.80. The Morgan fingerprint density at radius 1 is 1.00 bits per heavy atom. The molecule has 0 fully saturated rings. The van der Waals surface area contributed by atoms with E-state index < -0.39 is 22.8 Å².